The van der Waals surface area contributed by atoms with E-state index >= 15 is 0 Å². The lowest BCUT2D eigenvalue weighted by Crippen LogP contribution is -2.36. The van der Waals surface area contributed by atoms with Gasteiger partial charge in [0.1, 0.15) is 15.5 Å². The molecule has 0 saturated carbocycles. The third kappa shape index (κ3) is 4.56. The van der Waals surface area contributed by atoms with E-state index in [0.717, 1.165) is 41.9 Å². The standard InChI is InChI=1S/C20H26N2O4S2/c1-3-26-17-9-7-8-16(14-17)15(2)21-20(23)19-18(10-13-27-19)28(24,25)22-11-5-4-6-12-22/h7-10,13-15H,3-6,11-12H2,1-2H3,(H,21,23). The van der Waals surface area contributed by atoms with Crippen LogP contribution in [0.1, 0.15) is 54.4 Å². The van der Waals surface area contributed by atoms with Crippen LogP contribution < -0.4 is 10.1 Å². The third-order valence-corrected chi connectivity index (χ3v) is 7.77. The molecular weight excluding hydrogens is 396 g/mol. The summed E-state index contributed by atoms with van der Waals surface area (Å²) in [4.78, 5) is 13.2. The second-order valence-corrected chi connectivity index (χ2v) is 9.60. The van der Waals surface area contributed by atoms with Crippen molar-refractivity contribution in [3.05, 3.63) is 46.2 Å². The molecule has 1 aliphatic rings. The summed E-state index contributed by atoms with van der Waals surface area (Å²) >= 11 is 1.15. The molecule has 2 aromatic rings. The number of nitrogens with one attached hydrogen (secondary N) is 1. The maximum Gasteiger partial charge on any atom is 0.263 e. The average molecular weight is 423 g/mol. The monoisotopic (exact) mass is 422 g/mol. The van der Waals surface area contributed by atoms with Crippen LogP contribution in [-0.2, 0) is 10.0 Å². The van der Waals surface area contributed by atoms with Crippen LogP contribution in [0.3, 0.4) is 0 Å². The largest absolute Gasteiger partial charge is 0.494 e. The molecule has 0 bridgehead atoms. The Hall–Kier alpha value is -1.90. The molecule has 1 aromatic heterocycles. The number of carbonyl (C=O) groups is 1. The van der Waals surface area contributed by atoms with E-state index in [1.54, 1.807) is 5.38 Å². The lowest BCUT2D eigenvalue weighted by atomic mass is 10.1. The number of sulfonamides is 1. The maximum atomic E-state index is 13.0. The first-order chi connectivity index (χ1) is 13.4. The lowest BCUT2D eigenvalue weighted by molar-refractivity contribution is 0.0940. The molecule has 28 heavy (non-hydrogen) atoms. The zero-order valence-electron chi connectivity index (χ0n) is 16.2. The van der Waals surface area contributed by atoms with Crippen molar-refractivity contribution in [2.75, 3.05) is 19.7 Å². The molecular formula is C20H26N2O4S2. The van der Waals surface area contributed by atoms with Crippen LogP contribution in [0.5, 0.6) is 5.75 Å². The summed E-state index contributed by atoms with van der Waals surface area (Å²) < 4.78 is 33.0. The molecule has 2 heterocycles. The van der Waals surface area contributed by atoms with Gasteiger partial charge in [0.15, 0.2) is 0 Å². The minimum absolute atomic E-state index is 0.104. The van der Waals surface area contributed by atoms with E-state index in [1.807, 2.05) is 38.1 Å². The van der Waals surface area contributed by atoms with Gasteiger partial charge in [0.2, 0.25) is 10.0 Å². The number of amides is 1. The summed E-state index contributed by atoms with van der Waals surface area (Å²) in [7, 11) is -3.65. The Morgan fingerprint density at radius 1 is 1.25 bits per heavy atom. The topological polar surface area (TPSA) is 75.7 Å². The van der Waals surface area contributed by atoms with E-state index in [4.69, 9.17) is 4.74 Å². The van der Waals surface area contributed by atoms with Crippen LogP contribution in [0.4, 0.5) is 0 Å². The summed E-state index contributed by atoms with van der Waals surface area (Å²) in [6, 6.07) is 8.79. The predicted molar refractivity (Wildman–Crippen MR) is 110 cm³/mol. The highest BCUT2D eigenvalue weighted by molar-refractivity contribution is 7.89. The Bertz CT molecular complexity index is 918. The number of ether oxygens (including phenoxy) is 1. The Morgan fingerprint density at radius 3 is 2.71 bits per heavy atom. The van der Waals surface area contributed by atoms with Gasteiger partial charge in [-0.15, -0.1) is 11.3 Å². The highest BCUT2D eigenvalue weighted by atomic mass is 32.2. The molecule has 1 aromatic carbocycles. The van der Waals surface area contributed by atoms with Gasteiger partial charge in [0.05, 0.1) is 12.6 Å². The number of nitrogens with zero attached hydrogens (tertiary/aromatic N) is 1. The molecule has 1 fully saturated rings. The quantitative estimate of drug-likeness (QED) is 0.736. The molecule has 0 aliphatic carbocycles. The molecule has 1 N–H and O–H groups in total. The molecule has 3 rings (SSSR count). The zero-order valence-corrected chi connectivity index (χ0v) is 17.8. The van der Waals surface area contributed by atoms with Crippen molar-refractivity contribution < 1.29 is 17.9 Å². The Kier molecular flexibility index (Phi) is 6.74. The van der Waals surface area contributed by atoms with Gasteiger partial charge in [-0.3, -0.25) is 4.79 Å². The molecule has 1 amide bonds. The first kappa shape index (κ1) is 20.8. The van der Waals surface area contributed by atoms with E-state index in [-0.39, 0.29) is 21.7 Å². The number of piperidine rings is 1. The number of benzene rings is 1. The Morgan fingerprint density at radius 2 is 2.00 bits per heavy atom. The predicted octanol–water partition coefficient (Wildman–Crippen LogP) is 3.81. The van der Waals surface area contributed by atoms with Crippen molar-refractivity contribution in [1.29, 1.82) is 0 Å². The summed E-state index contributed by atoms with van der Waals surface area (Å²) in [5.41, 5.74) is 0.899. The molecule has 0 radical (unpaired) electrons. The van der Waals surface area contributed by atoms with Crippen LogP contribution in [0, 0.1) is 0 Å². The number of carbonyl (C=O) groups excluding carboxylic acids is 1. The van der Waals surface area contributed by atoms with Gasteiger partial charge in [-0.05, 0) is 55.8 Å². The van der Waals surface area contributed by atoms with Gasteiger partial charge in [-0.1, -0.05) is 18.6 Å². The third-order valence-electron chi connectivity index (χ3n) is 4.78. The zero-order chi connectivity index (χ0) is 20.1. The second kappa shape index (κ2) is 9.07. The maximum absolute atomic E-state index is 13.0. The van der Waals surface area contributed by atoms with E-state index in [9.17, 15) is 13.2 Å². The van der Waals surface area contributed by atoms with Gasteiger partial charge in [-0.2, -0.15) is 4.31 Å². The van der Waals surface area contributed by atoms with Crippen LogP contribution in [0.15, 0.2) is 40.6 Å². The van der Waals surface area contributed by atoms with Crippen LogP contribution in [0.25, 0.3) is 0 Å². The molecule has 1 unspecified atom stereocenters. The van der Waals surface area contributed by atoms with Gasteiger partial charge in [0, 0.05) is 13.1 Å². The van der Waals surface area contributed by atoms with Crippen LogP contribution in [-0.4, -0.2) is 38.3 Å². The van der Waals surface area contributed by atoms with Crippen LogP contribution >= 0.6 is 11.3 Å². The fraction of sp³-hybridized carbons (Fsp3) is 0.450. The van der Waals surface area contributed by atoms with E-state index in [0.29, 0.717) is 19.7 Å². The Balaban J connectivity index is 1.77. The van der Waals surface area contributed by atoms with E-state index < -0.39 is 10.0 Å². The van der Waals surface area contributed by atoms with Crippen molar-refractivity contribution >= 4 is 27.3 Å². The fourth-order valence-electron chi connectivity index (χ4n) is 3.30. The van der Waals surface area contributed by atoms with Crippen LogP contribution in [0.2, 0.25) is 0 Å². The van der Waals surface area contributed by atoms with E-state index in [2.05, 4.69) is 5.32 Å². The molecule has 152 valence electrons. The van der Waals surface area contributed by atoms with Gasteiger partial charge in [0.25, 0.3) is 5.91 Å². The number of thiophene rings is 1. The SMILES string of the molecule is CCOc1cccc(C(C)NC(=O)c2sccc2S(=O)(=O)N2CCCCC2)c1. The smallest absolute Gasteiger partial charge is 0.263 e. The average Bonchev–Trinajstić information content (AvgIpc) is 3.20. The molecule has 8 heteroatoms. The van der Waals surface area contributed by atoms with Crippen molar-refractivity contribution in [3.8, 4) is 5.75 Å². The summed E-state index contributed by atoms with van der Waals surface area (Å²) in [6.45, 7) is 5.38. The number of hydrogen-bond acceptors (Lipinski definition) is 5. The lowest BCUT2D eigenvalue weighted by Gasteiger charge is -2.26. The highest BCUT2D eigenvalue weighted by Gasteiger charge is 2.31. The van der Waals surface area contributed by atoms with Crippen molar-refractivity contribution in [1.82, 2.24) is 9.62 Å². The van der Waals surface area contributed by atoms with Gasteiger partial charge >= 0.3 is 0 Å². The van der Waals surface area contributed by atoms with Crippen molar-refractivity contribution in [2.24, 2.45) is 0 Å². The van der Waals surface area contributed by atoms with E-state index in [1.165, 1.54) is 10.4 Å². The summed E-state index contributed by atoms with van der Waals surface area (Å²) in [6.07, 6.45) is 2.76. The number of rotatable bonds is 7. The van der Waals surface area contributed by atoms with Crippen molar-refractivity contribution in [3.63, 3.8) is 0 Å². The fourth-order valence-corrected chi connectivity index (χ4v) is 6.12. The minimum atomic E-state index is -3.65. The highest BCUT2D eigenvalue weighted by Crippen LogP contribution is 2.28. The molecule has 0 spiro atoms. The van der Waals surface area contributed by atoms with Crippen molar-refractivity contribution in [2.45, 2.75) is 44.0 Å². The summed E-state index contributed by atoms with van der Waals surface area (Å²) in [5.74, 6) is 0.366. The second-order valence-electron chi connectivity index (χ2n) is 6.78. The molecule has 1 atom stereocenters. The molecule has 6 nitrogen and oxygen atoms in total. The molecule has 1 saturated heterocycles. The van der Waals surface area contributed by atoms with Gasteiger partial charge in [-0.25, -0.2) is 8.42 Å². The molecule has 1 aliphatic heterocycles. The normalized spacial score (nSPS) is 16.5. The van der Waals surface area contributed by atoms with Gasteiger partial charge < -0.3 is 10.1 Å². The first-order valence-corrected chi connectivity index (χ1v) is 11.9. The number of hydrogen-bond donors (Lipinski definition) is 1. The summed E-state index contributed by atoms with van der Waals surface area (Å²) in [5, 5.41) is 4.58. The minimum Gasteiger partial charge on any atom is -0.494 e. The Labute approximate surface area is 170 Å². The first-order valence-electron chi connectivity index (χ1n) is 9.54.